The summed E-state index contributed by atoms with van der Waals surface area (Å²) in [5.74, 6) is -0.433. The van der Waals surface area contributed by atoms with Crippen molar-refractivity contribution < 1.29 is 9.59 Å². The second-order valence-corrected chi connectivity index (χ2v) is 7.70. The van der Waals surface area contributed by atoms with Crippen LogP contribution in [0.1, 0.15) is 22.3 Å². The van der Waals surface area contributed by atoms with Crippen molar-refractivity contribution >= 4 is 29.4 Å². The van der Waals surface area contributed by atoms with Crippen LogP contribution >= 0.6 is 11.8 Å². The van der Waals surface area contributed by atoms with Crippen molar-refractivity contribution in [3.05, 3.63) is 58.7 Å². The molecule has 0 aliphatic rings. The van der Waals surface area contributed by atoms with Crippen LogP contribution in [-0.4, -0.2) is 37.9 Å². The number of aromatic nitrogens is 4. The average Bonchev–Trinajstić information content (AvgIpc) is 3.13. The number of imide groups is 1. The van der Waals surface area contributed by atoms with Gasteiger partial charge in [-0.2, -0.15) is 4.68 Å². The van der Waals surface area contributed by atoms with Crippen LogP contribution in [0.25, 0.3) is 5.69 Å². The van der Waals surface area contributed by atoms with Crippen molar-refractivity contribution in [1.29, 1.82) is 0 Å². The third-order valence-corrected chi connectivity index (χ3v) is 5.30. The summed E-state index contributed by atoms with van der Waals surface area (Å²) < 4.78 is 1.59. The van der Waals surface area contributed by atoms with Gasteiger partial charge in [0.1, 0.15) is 0 Å². The molecule has 150 valence electrons. The number of hydrogen-bond acceptors (Lipinski definition) is 6. The number of urea groups is 1. The van der Waals surface area contributed by atoms with Crippen LogP contribution in [0.15, 0.2) is 41.6 Å². The van der Waals surface area contributed by atoms with Gasteiger partial charge in [-0.3, -0.25) is 10.1 Å². The number of anilines is 1. The SMILES string of the molecule is Cc1ccc(C)c(-n2nnnc2SCC(=O)NC(=O)Nc2ccc(C)c(C)c2)c1. The molecule has 9 heteroatoms. The first-order chi connectivity index (χ1) is 13.8. The predicted octanol–water partition coefficient (Wildman–Crippen LogP) is 3.34. The lowest BCUT2D eigenvalue weighted by molar-refractivity contribution is -0.117. The summed E-state index contributed by atoms with van der Waals surface area (Å²) in [4.78, 5) is 24.2. The van der Waals surface area contributed by atoms with E-state index in [9.17, 15) is 9.59 Å². The number of nitrogens with zero attached hydrogens (tertiary/aromatic N) is 4. The average molecular weight is 411 g/mol. The van der Waals surface area contributed by atoms with Crippen molar-refractivity contribution in [1.82, 2.24) is 25.5 Å². The Balaban J connectivity index is 1.59. The van der Waals surface area contributed by atoms with E-state index in [-0.39, 0.29) is 5.75 Å². The standard InChI is InChI=1S/C20H22N6O2S/c1-12-5-6-14(3)17(9-12)26-20(23-24-25-26)29-11-18(27)22-19(28)21-16-8-7-13(2)15(4)10-16/h5-10H,11H2,1-4H3,(H2,21,22,27,28). The Morgan fingerprint density at radius 3 is 2.52 bits per heavy atom. The molecular weight excluding hydrogens is 388 g/mol. The van der Waals surface area contributed by atoms with Crippen LogP contribution in [-0.2, 0) is 4.79 Å². The minimum absolute atomic E-state index is 0.00554. The van der Waals surface area contributed by atoms with Crippen LogP contribution in [0.4, 0.5) is 10.5 Å². The van der Waals surface area contributed by atoms with Gasteiger partial charge in [0, 0.05) is 5.69 Å². The minimum Gasteiger partial charge on any atom is -0.308 e. The molecule has 0 bridgehead atoms. The van der Waals surface area contributed by atoms with Gasteiger partial charge in [-0.05, 0) is 78.6 Å². The van der Waals surface area contributed by atoms with E-state index in [1.54, 1.807) is 10.7 Å². The minimum atomic E-state index is -0.576. The number of aryl methyl sites for hydroxylation is 4. The summed E-state index contributed by atoms with van der Waals surface area (Å²) in [7, 11) is 0. The fraction of sp³-hybridized carbons (Fsp3) is 0.250. The number of carbonyl (C=O) groups excluding carboxylic acids is 2. The Morgan fingerprint density at radius 1 is 1.00 bits per heavy atom. The van der Waals surface area contributed by atoms with E-state index in [4.69, 9.17) is 0 Å². The van der Waals surface area contributed by atoms with E-state index in [0.717, 1.165) is 39.7 Å². The van der Waals surface area contributed by atoms with Gasteiger partial charge < -0.3 is 5.32 Å². The van der Waals surface area contributed by atoms with Crippen LogP contribution in [0.3, 0.4) is 0 Å². The van der Waals surface area contributed by atoms with E-state index < -0.39 is 11.9 Å². The number of hydrogen-bond donors (Lipinski definition) is 2. The first kappa shape index (κ1) is 20.5. The lowest BCUT2D eigenvalue weighted by atomic mass is 10.1. The van der Waals surface area contributed by atoms with E-state index in [1.807, 2.05) is 58.0 Å². The highest BCUT2D eigenvalue weighted by Gasteiger charge is 2.15. The van der Waals surface area contributed by atoms with Crippen LogP contribution in [0, 0.1) is 27.7 Å². The van der Waals surface area contributed by atoms with Crippen molar-refractivity contribution in [2.45, 2.75) is 32.9 Å². The number of rotatable bonds is 5. The molecule has 0 radical (unpaired) electrons. The number of nitrogens with one attached hydrogen (secondary N) is 2. The number of benzene rings is 2. The van der Waals surface area contributed by atoms with Gasteiger partial charge >= 0.3 is 6.03 Å². The van der Waals surface area contributed by atoms with E-state index in [1.165, 1.54) is 0 Å². The molecule has 0 saturated carbocycles. The first-order valence-corrected chi connectivity index (χ1v) is 9.99. The third-order valence-electron chi connectivity index (χ3n) is 4.38. The topological polar surface area (TPSA) is 102 Å². The molecular formula is C20H22N6O2S. The van der Waals surface area contributed by atoms with Crippen molar-refractivity contribution in [3.63, 3.8) is 0 Å². The molecule has 0 saturated heterocycles. The Hall–Kier alpha value is -3.20. The van der Waals surface area contributed by atoms with Gasteiger partial charge in [0.2, 0.25) is 11.1 Å². The van der Waals surface area contributed by atoms with E-state index in [2.05, 4.69) is 26.2 Å². The molecule has 2 aromatic carbocycles. The lowest BCUT2D eigenvalue weighted by Gasteiger charge is -2.09. The zero-order valence-electron chi connectivity index (χ0n) is 16.7. The number of amides is 3. The summed E-state index contributed by atoms with van der Waals surface area (Å²) in [6.45, 7) is 7.91. The number of tetrazole rings is 1. The highest BCUT2D eigenvalue weighted by Crippen LogP contribution is 2.21. The molecule has 1 heterocycles. The molecule has 29 heavy (non-hydrogen) atoms. The summed E-state index contributed by atoms with van der Waals surface area (Å²) in [6.07, 6.45) is 0. The maximum atomic E-state index is 12.2. The van der Waals surface area contributed by atoms with Crippen LogP contribution < -0.4 is 10.6 Å². The van der Waals surface area contributed by atoms with Crippen LogP contribution in [0.5, 0.6) is 0 Å². The quantitative estimate of drug-likeness (QED) is 0.626. The monoisotopic (exact) mass is 410 g/mol. The van der Waals surface area contributed by atoms with Gasteiger partial charge in [0.05, 0.1) is 11.4 Å². The van der Waals surface area contributed by atoms with Gasteiger partial charge in [0.15, 0.2) is 0 Å². The summed E-state index contributed by atoms with van der Waals surface area (Å²) in [5.41, 5.74) is 5.77. The van der Waals surface area contributed by atoms with Gasteiger partial charge in [0.25, 0.3) is 0 Å². The molecule has 0 aliphatic carbocycles. The fourth-order valence-corrected chi connectivity index (χ4v) is 3.33. The second-order valence-electron chi connectivity index (χ2n) is 6.75. The molecule has 2 N–H and O–H groups in total. The van der Waals surface area contributed by atoms with Crippen molar-refractivity contribution in [2.75, 3.05) is 11.1 Å². The summed E-state index contributed by atoms with van der Waals surface area (Å²) in [5, 5.41) is 17.2. The molecule has 3 rings (SSSR count). The Morgan fingerprint density at radius 2 is 1.76 bits per heavy atom. The van der Waals surface area contributed by atoms with Gasteiger partial charge in [-0.15, -0.1) is 5.10 Å². The normalized spacial score (nSPS) is 10.6. The molecule has 0 atom stereocenters. The summed E-state index contributed by atoms with van der Waals surface area (Å²) in [6, 6.07) is 11.0. The first-order valence-electron chi connectivity index (χ1n) is 9.00. The smallest absolute Gasteiger partial charge is 0.308 e. The fourth-order valence-electron chi connectivity index (χ4n) is 2.64. The number of thioether (sulfide) groups is 1. The van der Waals surface area contributed by atoms with Gasteiger partial charge in [-0.25, -0.2) is 4.79 Å². The highest BCUT2D eigenvalue weighted by atomic mass is 32.2. The Kier molecular flexibility index (Phi) is 6.28. The van der Waals surface area contributed by atoms with E-state index >= 15 is 0 Å². The van der Waals surface area contributed by atoms with E-state index in [0.29, 0.717) is 10.8 Å². The lowest BCUT2D eigenvalue weighted by Crippen LogP contribution is -2.35. The van der Waals surface area contributed by atoms with Gasteiger partial charge in [-0.1, -0.05) is 30.0 Å². The highest BCUT2D eigenvalue weighted by molar-refractivity contribution is 7.99. The zero-order chi connectivity index (χ0) is 21.0. The molecule has 1 aromatic heterocycles. The summed E-state index contributed by atoms with van der Waals surface area (Å²) >= 11 is 1.16. The Labute approximate surface area is 173 Å². The Bertz CT molecular complexity index is 1060. The predicted molar refractivity (Wildman–Crippen MR) is 112 cm³/mol. The molecule has 0 unspecified atom stereocenters. The third kappa shape index (κ3) is 5.20. The van der Waals surface area contributed by atoms with Crippen LogP contribution in [0.2, 0.25) is 0 Å². The zero-order valence-corrected chi connectivity index (χ0v) is 17.5. The maximum absolute atomic E-state index is 12.2. The molecule has 3 aromatic rings. The molecule has 0 fully saturated rings. The second kappa shape index (κ2) is 8.87. The molecule has 0 aliphatic heterocycles. The molecule has 3 amide bonds. The van der Waals surface area contributed by atoms with Crippen molar-refractivity contribution in [3.8, 4) is 5.69 Å². The number of carbonyl (C=O) groups is 2. The largest absolute Gasteiger partial charge is 0.325 e. The molecule has 0 spiro atoms. The maximum Gasteiger partial charge on any atom is 0.325 e. The molecule has 8 nitrogen and oxygen atoms in total. The van der Waals surface area contributed by atoms with Crippen molar-refractivity contribution in [2.24, 2.45) is 0 Å².